The van der Waals surface area contributed by atoms with Gasteiger partial charge in [-0.25, -0.2) is 0 Å². The number of benzene rings is 1. The van der Waals surface area contributed by atoms with Gasteiger partial charge in [-0.2, -0.15) is 5.10 Å². The molecule has 2 N–H and O–H groups in total. The number of rotatable bonds is 3. The Morgan fingerprint density at radius 2 is 2.15 bits per heavy atom. The molecule has 2 heterocycles. The first kappa shape index (κ1) is 13.2. The number of fused-ring (bicyclic) bond motifs is 1. The number of hydrogen-bond acceptors (Lipinski definition) is 3. The van der Waals surface area contributed by atoms with Crippen molar-refractivity contribution >= 4 is 5.69 Å². The third-order valence-corrected chi connectivity index (χ3v) is 4.02. The smallest absolute Gasteiger partial charge is 0.0599 e. The minimum Gasteiger partial charge on any atom is -0.365 e. The first-order chi connectivity index (χ1) is 9.69. The molecule has 1 aromatic heterocycles. The first-order valence-electron chi connectivity index (χ1n) is 7.32. The number of anilines is 1. The van der Waals surface area contributed by atoms with E-state index in [0.717, 1.165) is 31.7 Å². The van der Waals surface area contributed by atoms with Crippen LogP contribution in [-0.4, -0.2) is 16.3 Å². The quantitative estimate of drug-likeness (QED) is 0.932. The zero-order chi connectivity index (χ0) is 14.1. The summed E-state index contributed by atoms with van der Waals surface area (Å²) in [6.45, 7) is 7.01. The Kier molecular flexibility index (Phi) is 3.49. The molecule has 0 fully saturated rings. The highest BCUT2D eigenvalue weighted by Gasteiger charge is 2.22. The predicted molar refractivity (Wildman–Crippen MR) is 81.7 cm³/mol. The molecule has 0 radical (unpaired) electrons. The van der Waals surface area contributed by atoms with Gasteiger partial charge >= 0.3 is 0 Å². The molecule has 2 aromatic rings. The van der Waals surface area contributed by atoms with Gasteiger partial charge < -0.3 is 10.6 Å². The van der Waals surface area contributed by atoms with E-state index in [9.17, 15) is 0 Å². The summed E-state index contributed by atoms with van der Waals surface area (Å²) in [5, 5.41) is 4.53. The predicted octanol–water partition coefficient (Wildman–Crippen LogP) is 2.62. The van der Waals surface area contributed by atoms with E-state index in [2.05, 4.69) is 58.9 Å². The Hall–Kier alpha value is -1.81. The second kappa shape index (κ2) is 5.29. The summed E-state index contributed by atoms with van der Waals surface area (Å²) in [6.07, 6.45) is 1.01. The zero-order valence-electron chi connectivity index (χ0n) is 12.2. The minimum absolute atomic E-state index is 0.167. The van der Waals surface area contributed by atoms with Gasteiger partial charge in [-0.15, -0.1) is 0 Å². The Labute approximate surface area is 120 Å². The van der Waals surface area contributed by atoms with Gasteiger partial charge in [0, 0.05) is 24.8 Å². The molecule has 3 rings (SSSR count). The molecular formula is C16H22N4. The van der Waals surface area contributed by atoms with Gasteiger partial charge in [-0.05, 0) is 38.0 Å². The maximum absolute atomic E-state index is 6.22. The summed E-state index contributed by atoms with van der Waals surface area (Å²) in [5.74, 6) is 0. The van der Waals surface area contributed by atoms with Crippen LogP contribution in [0.5, 0.6) is 0 Å². The highest BCUT2D eigenvalue weighted by atomic mass is 15.3. The fourth-order valence-corrected chi connectivity index (χ4v) is 3.02. The van der Waals surface area contributed by atoms with E-state index >= 15 is 0 Å². The molecule has 1 atom stereocenters. The van der Waals surface area contributed by atoms with Gasteiger partial charge in [0.15, 0.2) is 0 Å². The average Bonchev–Trinajstić information content (AvgIpc) is 2.82. The molecule has 1 unspecified atom stereocenters. The fourth-order valence-electron chi connectivity index (χ4n) is 3.02. The van der Waals surface area contributed by atoms with Gasteiger partial charge in [-0.3, -0.25) is 4.68 Å². The number of nitrogens with two attached hydrogens (primary N) is 1. The Bertz CT molecular complexity index is 602. The number of nitrogens with zero attached hydrogens (tertiary/aromatic N) is 3. The normalized spacial score (nSPS) is 18.1. The molecule has 106 valence electrons. The molecular weight excluding hydrogens is 248 g/mol. The lowest BCUT2D eigenvalue weighted by Gasteiger charge is -2.34. The summed E-state index contributed by atoms with van der Waals surface area (Å²) in [5.41, 5.74) is 11.1. The minimum atomic E-state index is 0.167. The SMILES string of the molecule is CCn1nc(C)cc1CN1CCC(N)c2ccccc21. The van der Waals surface area contributed by atoms with Crippen LogP contribution in [0.4, 0.5) is 5.69 Å². The van der Waals surface area contributed by atoms with Crippen molar-refractivity contribution in [3.05, 3.63) is 47.3 Å². The first-order valence-corrected chi connectivity index (χ1v) is 7.32. The van der Waals surface area contributed by atoms with Crippen molar-refractivity contribution in [1.82, 2.24) is 9.78 Å². The summed E-state index contributed by atoms with van der Waals surface area (Å²) in [7, 11) is 0. The van der Waals surface area contributed by atoms with Crippen LogP contribution in [-0.2, 0) is 13.1 Å². The van der Waals surface area contributed by atoms with Gasteiger partial charge in [0.25, 0.3) is 0 Å². The number of aromatic nitrogens is 2. The van der Waals surface area contributed by atoms with Crippen LogP contribution >= 0.6 is 0 Å². The monoisotopic (exact) mass is 270 g/mol. The van der Waals surface area contributed by atoms with Crippen molar-refractivity contribution in [2.24, 2.45) is 5.73 Å². The van der Waals surface area contributed by atoms with E-state index in [0.29, 0.717) is 0 Å². The van der Waals surface area contributed by atoms with Crippen LogP contribution in [0, 0.1) is 6.92 Å². The molecule has 1 aliphatic rings. The largest absolute Gasteiger partial charge is 0.365 e. The van der Waals surface area contributed by atoms with E-state index in [4.69, 9.17) is 5.73 Å². The lowest BCUT2D eigenvalue weighted by Crippen LogP contribution is -2.33. The lowest BCUT2D eigenvalue weighted by molar-refractivity contribution is 0.563. The molecule has 0 saturated heterocycles. The zero-order valence-corrected chi connectivity index (χ0v) is 12.2. The van der Waals surface area contributed by atoms with Crippen molar-refractivity contribution in [1.29, 1.82) is 0 Å². The van der Waals surface area contributed by atoms with E-state index in [1.807, 2.05) is 0 Å². The molecule has 4 heteroatoms. The summed E-state index contributed by atoms with van der Waals surface area (Å²) in [4.78, 5) is 2.42. The Balaban J connectivity index is 1.90. The maximum Gasteiger partial charge on any atom is 0.0599 e. The standard InChI is InChI=1S/C16H22N4/c1-3-20-13(10-12(2)18-20)11-19-9-8-15(17)14-6-4-5-7-16(14)19/h4-7,10,15H,3,8-9,11,17H2,1-2H3. The van der Waals surface area contributed by atoms with Gasteiger partial charge in [-0.1, -0.05) is 18.2 Å². The molecule has 1 aliphatic heterocycles. The molecule has 0 spiro atoms. The van der Waals surface area contributed by atoms with Crippen LogP contribution in [0.2, 0.25) is 0 Å². The molecule has 20 heavy (non-hydrogen) atoms. The molecule has 0 amide bonds. The summed E-state index contributed by atoms with van der Waals surface area (Å²) in [6, 6.07) is 10.8. The molecule has 1 aromatic carbocycles. The number of aryl methyl sites for hydroxylation is 2. The van der Waals surface area contributed by atoms with Crippen LogP contribution in [0.3, 0.4) is 0 Å². The molecule has 0 saturated carbocycles. The number of para-hydroxylation sites is 1. The van der Waals surface area contributed by atoms with Crippen molar-refractivity contribution in [2.45, 2.75) is 39.4 Å². The van der Waals surface area contributed by atoms with Gasteiger partial charge in [0.2, 0.25) is 0 Å². The maximum atomic E-state index is 6.22. The highest BCUT2D eigenvalue weighted by molar-refractivity contribution is 5.57. The van der Waals surface area contributed by atoms with Crippen molar-refractivity contribution < 1.29 is 0 Å². The molecule has 0 aliphatic carbocycles. The second-order valence-electron chi connectivity index (χ2n) is 5.47. The van der Waals surface area contributed by atoms with Gasteiger partial charge in [0.05, 0.1) is 17.9 Å². The van der Waals surface area contributed by atoms with E-state index in [-0.39, 0.29) is 6.04 Å². The lowest BCUT2D eigenvalue weighted by atomic mass is 9.97. The van der Waals surface area contributed by atoms with Crippen LogP contribution in [0.25, 0.3) is 0 Å². The third kappa shape index (κ3) is 2.31. The highest BCUT2D eigenvalue weighted by Crippen LogP contribution is 2.33. The topological polar surface area (TPSA) is 47.1 Å². The Morgan fingerprint density at radius 1 is 1.35 bits per heavy atom. The summed E-state index contributed by atoms with van der Waals surface area (Å²) >= 11 is 0. The fraction of sp³-hybridized carbons (Fsp3) is 0.438. The molecule has 0 bridgehead atoms. The van der Waals surface area contributed by atoms with Gasteiger partial charge in [0.1, 0.15) is 0 Å². The van der Waals surface area contributed by atoms with Crippen LogP contribution < -0.4 is 10.6 Å². The Morgan fingerprint density at radius 3 is 2.95 bits per heavy atom. The van der Waals surface area contributed by atoms with E-state index < -0.39 is 0 Å². The average molecular weight is 270 g/mol. The second-order valence-corrected chi connectivity index (χ2v) is 5.47. The van der Waals surface area contributed by atoms with Crippen LogP contribution in [0.15, 0.2) is 30.3 Å². The van der Waals surface area contributed by atoms with E-state index in [1.165, 1.54) is 16.9 Å². The van der Waals surface area contributed by atoms with Crippen molar-refractivity contribution in [3.8, 4) is 0 Å². The van der Waals surface area contributed by atoms with Crippen molar-refractivity contribution in [3.63, 3.8) is 0 Å². The number of hydrogen-bond donors (Lipinski definition) is 1. The molecule has 4 nitrogen and oxygen atoms in total. The van der Waals surface area contributed by atoms with Crippen molar-refractivity contribution in [2.75, 3.05) is 11.4 Å². The van der Waals surface area contributed by atoms with E-state index in [1.54, 1.807) is 0 Å². The van der Waals surface area contributed by atoms with Crippen LogP contribution in [0.1, 0.15) is 36.3 Å². The summed E-state index contributed by atoms with van der Waals surface area (Å²) < 4.78 is 2.09. The third-order valence-electron chi connectivity index (χ3n) is 4.02.